The summed E-state index contributed by atoms with van der Waals surface area (Å²) in [6.07, 6.45) is 0. The van der Waals surface area contributed by atoms with Crippen LogP contribution in [0.3, 0.4) is 0 Å². The van der Waals surface area contributed by atoms with Crippen molar-refractivity contribution in [2.75, 3.05) is 0 Å². The number of benzene rings is 2. The molecule has 2 aromatic carbocycles. The fourth-order valence-electron chi connectivity index (χ4n) is 2.66. The molecule has 3 N–H and O–H groups in total. The molecular weight excluding hydrogens is 276 g/mol. The summed E-state index contributed by atoms with van der Waals surface area (Å²) >= 11 is 0. The fraction of sp³-hybridized carbons (Fsp3) is 0.167. The average molecular weight is 294 g/mol. The van der Waals surface area contributed by atoms with Gasteiger partial charge in [0, 0.05) is 29.6 Å². The number of aromatic nitrogens is 1. The van der Waals surface area contributed by atoms with E-state index in [1.54, 1.807) is 0 Å². The van der Waals surface area contributed by atoms with Crippen molar-refractivity contribution < 1.29 is 9.90 Å². The number of aryl methyl sites for hydroxylation is 1. The molecule has 0 radical (unpaired) electrons. The van der Waals surface area contributed by atoms with Crippen LogP contribution in [0.15, 0.2) is 48.5 Å². The number of nitrogens with one attached hydrogen (secondary N) is 2. The van der Waals surface area contributed by atoms with Gasteiger partial charge < -0.3 is 15.4 Å². The Morgan fingerprint density at radius 1 is 1.14 bits per heavy atom. The monoisotopic (exact) mass is 294 g/mol. The molecule has 0 saturated carbocycles. The normalized spacial score (nSPS) is 11.0. The van der Waals surface area contributed by atoms with Crippen LogP contribution in [-0.4, -0.2) is 16.1 Å². The SMILES string of the molecule is Cc1ccc2c(CNCc3ccccc3)c(C(=O)O)[nH]c2c1. The van der Waals surface area contributed by atoms with Crippen LogP contribution in [0.1, 0.15) is 27.2 Å². The van der Waals surface area contributed by atoms with Crippen LogP contribution in [-0.2, 0) is 13.1 Å². The zero-order valence-electron chi connectivity index (χ0n) is 12.4. The smallest absolute Gasteiger partial charge is 0.352 e. The minimum absolute atomic E-state index is 0.265. The molecule has 0 spiro atoms. The number of fused-ring (bicyclic) bond motifs is 1. The molecule has 3 rings (SSSR count). The Morgan fingerprint density at radius 3 is 2.64 bits per heavy atom. The minimum atomic E-state index is -0.926. The number of hydrogen-bond acceptors (Lipinski definition) is 2. The van der Waals surface area contributed by atoms with Crippen molar-refractivity contribution in [3.63, 3.8) is 0 Å². The number of rotatable bonds is 5. The Kier molecular flexibility index (Phi) is 3.94. The standard InChI is InChI=1S/C18H18N2O2/c1-12-7-8-14-15(17(18(21)22)20-16(14)9-12)11-19-10-13-5-3-2-4-6-13/h2-9,19-20H,10-11H2,1H3,(H,21,22). The van der Waals surface area contributed by atoms with E-state index in [1.807, 2.05) is 55.5 Å². The number of aromatic carboxylic acids is 1. The predicted molar refractivity (Wildman–Crippen MR) is 87.0 cm³/mol. The highest BCUT2D eigenvalue weighted by molar-refractivity contribution is 5.97. The molecule has 4 nitrogen and oxygen atoms in total. The van der Waals surface area contributed by atoms with Crippen LogP contribution >= 0.6 is 0 Å². The molecule has 0 fully saturated rings. The van der Waals surface area contributed by atoms with E-state index in [9.17, 15) is 9.90 Å². The Balaban J connectivity index is 1.85. The predicted octanol–water partition coefficient (Wildman–Crippen LogP) is 3.46. The number of carboxylic acids is 1. The molecular formula is C18H18N2O2. The summed E-state index contributed by atoms with van der Waals surface area (Å²) in [6.45, 7) is 3.21. The lowest BCUT2D eigenvalue weighted by Gasteiger charge is -2.05. The summed E-state index contributed by atoms with van der Waals surface area (Å²) in [5.74, 6) is -0.926. The largest absolute Gasteiger partial charge is 0.477 e. The maximum atomic E-state index is 11.5. The molecule has 4 heteroatoms. The zero-order chi connectivity index (χ0) is 15.5. The summed E-state index contributed by atoms with van der Waals surface area (Å²) in [5, 5.41) is 13.7. The molecule has 0 aliphatic carbocycles. The molecule has 112 valence electrons. The van der Waals surface area contributed by atoms with Gasteiger partial charge in [-0.1, -0.05) is 42.5 Å². The van der Waals surface area contributed by atoms with Crippen molar-refractivity contribution in [3.05, 3.63) is 70.9 Å². The highest BCUT2D eigenvalue weighted by Gasteiger charge is 2.16. The number of carbonyl (C=O) groups is 1. The lowest BCUT2D eigenvalue weighted by molar-refractivity contribution is 0.0690. The van der Waals surface area contributed by atoms with Gasteiger partial charge in [0.1, 0.15) is 5.69 Å². The van der Waals surface area contributed by atoms with Gasteiger partial charge >= 0.3 is 5.97 Å². The fourth-order valence-corrected chi connectivity index (χ4v) is 2.66. The average Bonchev–Trinajstić information content (AvgIpc) is 2.86. The molecule has 0 aliphatic rings. The van der Waals surface area contributed by atoms with Gasteiger partial charge in [0.25, 0.3) is 0 Å². The summed E-state index contributed by atoms with van der Waals surface area (Å²) in [4.78, 5) is 14.5. The number of hydrogen-bond donors (Lipinski definition) is 3. The summed E-state index contributed by atoms with van der Waals surface area (Å²) in [7, 11) is 0. The molecule has 22 heavy (non-hydrogen) atoms. The van der Waals surface area contributed by atoms with E-state index in [0.29, 0.717) is 13.1 Å². The zero-order valence-corrected chi connectivity index (χ0v) is 12.4. The lowest BCUT2D eigenvalue weighted by atomic mass is 10.1. The van der Waals surface area contributed by atoms with Crippen molar-refractivity contribution in [2.45, 2.75) is 20.0 Å². The Hall–Kier alpha value is -2.59. The molecule has 0 aliphatic heterocycles. The molecule has 1 heterocycles. The summed E-state index contributed by atoms with van der Waals surface area (Å²) < 4.78 is 0. The van der Waals surface area contributed by atoms with Gasteiger partial charge in [0.15, 0.2) is 0 Å². The Morgan fingerprint density at radius 2 is 1.91 bits per heavy atom. The maximum Gasteiger partial charge on any atom is 0.352 e. The first-order chi connectivity index (χ1) is 10.6. The van der Waals surface area contributed by atoms with Crippen LogP contribution in [0.5, 0.6) is 0 Å². The van der Waals surface area contributed by atoms with Crippen molar-refractivity contribution >= 4 is 16.9 Å². The van der Waals surface area contributed by atoms with Crippen molar-refractivity contribution in [1.29, 1.82) is 0 Å². The number of carboxylic acid groups (broad SMARTS) is 1. The second-order valence-electron chi connectivity index (χ2n) is 5.42. The highest BCUT2D eigenvalue weighted by Crippen LogP contribution is 2.23. The Bertz CT molecular complexity index is 807. The van der Waals surface area contributed by atoms with E-state index >= 15 is 0 Å². The molecule has 0 amide bonds. The van der Waals surface area contributed by atoms with E-state index in [1.165, 1.54) is 5.56 Å². The third-order valence-electron chi connectivity index (χ3n) is 3.75. The third kappa shape index (κ3) is 2.87. The van der Waals surface area contributed by atoms with E-state index in [4.69, 9.17) is 0 Å². The quantitative estimate of drug-likeness (QED) is 0.675. The first-order valence-corrected chi connectivity index (χ1v) is 7.24. The van der Waals surface area contributed by atoms with Gasteiger partial charge in [0.05, 0.1) is 0 Å². The third-order valence-corrected chi connectivity index (χ3v) is 3.75. The van der Waals surface area contributed by atoms with Gasteiger partial charge in [-0.2, -0.15) is 0 Å². The first kappa shape index (κ1) is 14.4. The van der Waals surface area contributed by atoms with Crippen LogP contribution < -0.4 is 5.32 Å². The highest BCUT2D eigenvalue weighted by atomic mass is 16.4. The molecule has 0 atom stereocenters. The molecule has 0 bridgehead atoms. The van der Waals surface area contributed by atoms with Gasteiger partial charge in [0.2, 0.25) is 0 Å². The van der Waals surface area contributed by atoms with Crippen LogP contribution in [0, 0.1) is 6.92 Å². The summed E-state index contributed by atoms with van der Waals surface area (Å²) in [5.41, 5.74) is 4.22. The van der Waals surface area contributed by atoms with Crippen molar-refractivity contribution in [3.8, 4) is 0 Å². The van der Waals surface area contributed by atoms with E-state index in [0.717, 1.165) is 22.0 Å². The topological polar surface area (TPSA) is 65.1 Å². The first-order valence-electron chi connectivity index (χ1n) is 7.24. The van der Waals surface area contributed by atoms with Crippen molar-refractivity contribution in [1.82, 2.24) is 10.3 Å². The Labute approximate surface area is 128 Å². The molecule has 1 aromatic heterocycles. The summed E-state index contributed by atoms with van der Waals surface area (Å²) in [6, 6.07) is 16.0. The van der Waals surface area contributed by atoms with Crippen molar-refractivity contribution in [2.24, 2.45) is 0 Å². The van der Waals surface area contributed by atoms with Gasteiger partial charge in [-0.15, -0.1) is 0 Å². The second kappa shape index (κ2) is 6.03. The van der Waals surface area contributed by atoms with Gasteiger partial charge in [-0.3, -0.25) is 0 Å². The van der Waals surface area contributed by atoms with E-state index in [2.05, 4.69) is 10.3 Å². The van der Waals surface area contributed by atoms with Crippen LogP contribution in [0.4, 0.5) is 0 Å². The molecule has 0 saturated heterocycles. The lowest BCUT2D eigenvalue weighted by Crippen LogP contribution is -2.14. The van der Waals surface area contributed by atoms with Gasteiger partial charge in [-0.05, 0) is 24.1 Å². The van der Waals surface area contributed by atoms with E-state index < -0.39 is 5.97 Å². The van der Waals surface area contributed by atoms with Crippen LogP contribution in [0.2, 0.25) is 0 Å². The minimum Gasteiger partial charge on any atom is -0.477 e. The number of H-pyrrole nitrogens is 1. The van der Waals surface area contributed by atoms with E-state index in [-0.39, 0.29) is 5.69 Å². The second-order valence-corrected chi connectivity index (χ2v) is 5.42. The molecule has 3 aromatic rings. The van der Waals surface area contributed by atoms with Crippen LogP contribution in [0.25, 0.3) is 10.9 Å². The number of aromatic amines is 1. The maximum absolute atomic E-state index is 11.5. The van der Waals surface area contributed by atoms with Gasteiger partial charge in [-0.25, -0.2) is 4.79 Å². The molecule has 0 unspecified atom stereocenters.